The summed E-state index contributed by atoms with van der Waals surface area (Å²) in [6.07, 6.45) is 5.61. The fraction of sp³-hybridized carbons (Fsp3) is 0.667. The lowest BCUT2D eigenvalue weighted by Gasteiger charge is -2.38. The number of hydrogen-bond donors (Lipinski definition) is 2. The average Bonchev–Trinajstić information content (AvgIpc) is 2.25. The standard InChI is InChI=1S/C12H20N4/c1-9-10(13-3)15-8-16-11(9)14-7-12(2)5-4-6-12/h8H,4-7H2,1-3H3,(H2,13,14,15,16). The summed E-state index contributed by atoms with van der Waals surface area (Å²) < 4.78 is 0. The number of anilines is 2. The Bertz CT molecular complexity index is 371. The maximum absolute atomic E-state index is 4.29. The van der Waals surface area contributed by atoms with Crippen molar-refractivity contribution in [3.63, 3.8) is 0 Å². The van der Waals surface area contributed by atoms with Crippen LogP contribution in [-0.4, -0.2) is 23.6 Å². The minimum atomic E-state index is 0.469. The van der Waals surface area contributed by atoms with Crippen molar-refractivity contribution in [1.82, 2.24) is 9.97 Å². The minimum absolute atomic E-state index is 0.469. The highest BCUT2D eigenvalue weighted by Gasteiger charge is 2.31. The van der Waals surface area contributed by atoms with Gasteiger partial charge in [-0.25, -0.2) is 9.97 Å². The molecule has 16 heavy (non-hydrogen) atoms. The first kappa shape index (κ1) is 11.2. The van der Waals surface area contributed by atoms with Crippen LogP contribution in [0.2, 0.25) is 0 Å². The summed E-state index contributed by atoms with van der Waals surface area (Å²) in [4.78, 5) is 8.46. The highest BCUT2D eigenvalue weighted by atomic mass is 15.1. The maximum atomic E-state index is 4.29. The van der Waals surface area contributed by atoms with Gasteiger partial charge in [0.2, 0.25) is 0 Å². The van der Waals surface area contributed by atoms with Crippen LogP contribution in [0.15, 0.2) is 6.33 Å². The van der Waals surface area contributed by atoms with Gasteiger partial charge in [0.15, 0.2) is 0 Å². The van der Waals surface area contributed by atoms with Crippen molar-refractivity contribution in [1.29, 1.82) is 0 Å². The molecule has 2 rings (SSSR count). The predicted octanol–water partition coefficient (Wildman–Crippen LogP) is 2.43. The Morgan fingerprint density at radius 1 is 1.31 bits per heavy atom. The average molecular weight is 220 g/mol. The predicted molar refractivity (Wildman–Crippen MR) is 66.8 cm³/mol. The second-order valence-corrected chi connectivity index (χ2v) is 4.96. The number of nitrogens with zero attached hydrogens (tertiary/aromatic N) is 2. The van der Waals surface area contributed by atoms with Crippen LogP contribution in [0.4, 0.5) is 11.6 Å². The first-order valence-corrected chi connectivity index (χ1v) is 5.88. The Labute approximate surface area is 96.9 Å². The number of rotatable bonds is 4. The van der Waals surface area contributed by atoms with E-state index in [2.05, 4.69) is 27.5 Å². The van der Waals surface area contributed by atoms with Crippen molar-refractivity contribution in [2.24, 2.45) is 5.41 Å². The largest absolute Gasteiger partial charge is 0.373 e. The number of aromatic nitrogens is 2. The van der Waals surface area contributed by atoms with E-state index in [4.69, 9.17) is 0 Å². The Morgan fingerprint density at radius 2 is 2.00 bits per heavy atom. The van der Waals surface area contributed by atoms with Crippen molar-refractivity contribution in [3.05, 3.63) is 11.9 Å². The fourth-order valence-electron chi connectivity index (χ4n) is 2.13. The SMILES string of the molecule is CNc1ncnc(NCC2(C)CCC2)c1C. The molecule has 0 spiro atoms. The molecule has 1 saturated carbocycles. The molecule has 1 aromatic rings. The molecule has 0 bridgehead atoms. The summed E-state index contributed by atoms with van der Waals surface area (Å²) in [7, 11) is 1.88. The lowest BCUT2D eigenvalue weighted by atomic mass is 9.70. The Hall–Kier alpha value is -1.32. The van der Waals surface area contributed by atoms with Crippen LogP contribution in [0.3, 0.4) is 0 Å². The van der Waals surface area contributed by atoms with Gasteiger partial charge >= 0.3 is 0 Å². The van der Waals surface area contributed by atoms with Crippen LogP contribution < -0.4 is 10.6 Å². The van der Waals surface area contributed by atoms with E-state index in [9.17, 15) is 0 Å². The topological polar surface area (TPSA) is 49.8 Å². The van der Waals surface area contributed by atoms with E-state index in [-0.39, 0.29) is 0 Å². The molecule has 0 aromatic carbocycles. The van der Waals surface area contributed by atoms with Gasteiger partial charge in [-0.2, -0.15) is 0 Å². The van der Waals surface area contributed by atoms with Crippen molar-refractivity contribution in [2.75, 3.05) is 24.2 Å². The third-order valence-electron chi connectivity index (χ3n) is 3.56. The molecule has 0 atom stereocenters. The van der Waals surface area contributed by atoms with E-state index < -0.39 is 0 Å². The van der Waals surface area contributed by atoms with Crippen LogP contribution in [0.25, 0.3) is 0 Å². The van der Waals surface area contributed by atoms with Crippen LogP contribution in [-0.2, 0) is 0 Å². The summed E-state index contributed by atoms with van der Waals surface area (Å²) in [6.45, 7) is 5.38. The Morgan fingerprint density at radius 3 is 2.56 bits per heavy atom. The molecule has 2 N–H and O–H groups in total. The molecule has 1 fully saturated rings. The van der Waals surface area contributed by atoms with E-state index >= 15 is 0 Å². The molecular weight excluding hydrogens is 200 g/mol. The molecule has 0 aliphatic heterocycles. The van der Waals surface area contributed by atoms with Crippen LogP contribution >= 0.6 is 0 Å². The zero-order valence-electron chi connectivity index (χ0n) is 10.3. The van der Waals surface area contributed by atoms with Gasteiger partial charge in [0.1, 0.15) is 18.0 Å². The molecule has 4 nitrogen and oxygen atoms in total. The lowest BCUT2D eigenvalue weighted by molar-refractivity contribution is 0.180. The molecule has 4 heteroatoms. The van der Waals surface area contributed by atoms with Crippen LogP contribution in [0, 0.1) is 12.3 Å². The monoisotopic (exact) mass is 220 g/mol. The molecule has 0 unspecified atom stereocenters. The minimum Gasteiger partial charge on any atom is -0.373 e. The lowest BCUT2D eigenvalue weighted by Crippen LogP contribution is -2.33. The molecular formula is C12H20N4. The van der Waals surface area contributed by atoms with Gasteiger partial charge in [-0.15, -0.1) is 0 Å². The number of hydrogen-bond acceptors (Lipinski definition) is 4. The highest BCUT2D eigenvalue weighted by molar-refractivity contribution is 5.56. The quantitative estimate of drug-likeness (QED) is 0.818. The van der Waals surface area contributed by atoms with E-state index in [0.717, 1.165) is 23.7 Å². The second-order valence-electron chi connectivity index (χ2n) is 4.96. The third kappa shape index (κ3) is 2.10. The van der Waals surface area contributed by atoms with Gasteiger partial charge in [0.25, 0.3) is 0 Å². The van der Waals surface area contributed by atoms with Crippen LogP contribution in [0.5, 0.6) is 0 Å². The molecule has 88 valence electrons. The molecule has 0 saturated heterocycles. The fourth-order valence-corrected chi connectivity index (χ4v) is 2.13. The summed E-state index contributed by atoms with van der Waals surface area (Å²) in [6, 6.07) is 0. The maximum Gasteiger partial charge on any atom is 0.134 e. The van der Waals surface area contributed by atoms with Gasteiger partial charge in [-0.3, -0.25) is 0 Å². The van der Waals surface area contributed by atoms with Gasteiger partial charge in [-0.1, -0.05) is 13.3 Å². The summed E-state index contributed by atoms with van der Waals surface area (Å²) in [5.74, 6) is 1.85. The normalized spacial score (nSPS) is 17.7. The third-order valence-corrected chi connectivity index (χ3v) is 3.56. The molecule has 0 amide bonds. The van der Waals surface area contributed by atoms with Gasteiger partial charge in [-0.05, 0) is 25.2 Å². The van der Waals surface area contributed by atoms with Crippen LogP contribution in [0.1, 0.15) is 31.7 Å². The second kappa shape index (κ2) is 4.28. The molecule has 1 aliphatic rings. The Balaban J connectivity index is 2.03. The smallest absolute Gasteiger partial charge is 0.134 e. The highest BCUT2D eigenvalue weighted by Crippen LogP contribution is 2.40. The van der Waals surface area contributed by atoms with Crippen molar-refractivity contribution >= 4 is 11.6 Å². The molecule has 0 radical (unpaired) electrons. The van der Waals surface area contributed by atoms with Crippen molar-refractivity contribution < 1.29 is 0 Å². The van der Waals surface area contributed by atoms with Gasteiger partial charge in [0, 0.05) is 19.2 Å². The van der Waals surface area contributed by atoms with E-state index in [1.54, 1.807) is 6.33 Å². The van der Waals surface area contributed by atoms with Crippen molar-refractivity contribution in [3.8, 4) is 0 Å². The first-order valence-electron chi connectivity index (χ1n) is 5.88. The van der Waals surface area contributed by atoms with Crippen molar-refractivity contribution in [2.45, 2.75) is 33.1 Å². The molecule has 1 heterocycles. The first-order chi connectivity index (χ1) is 7.64. The van der Waals surface area contributed by atoms with E-state index in [1.165, 1.54) is 19.3 Å². The summed E-state index contributed by atoms with van der Waals surface area (Å²) >= 11 is 0. The van der Waals surface area contributed by atoms with Gasteiger partial charge < -0.3 is 10.6 Å². The van der Waals surface area contributed by atoms with Gasteiger partial charge in [0.05, 0.1) is 0 Å². The van der Waals surface area contributed by atoms with E-state index in [1.807, 2.05) is 14.0 Å². The number of nitrogens with one attached hydrogen (secondary N) is 2. The molecule has 1 aliphatic carbocycles. The Kier molecular flexibility index (Phi) is 2.99. The summed E-state index contributed by atoms with van der Waals surface area (Å²) in [5.41, 5.74) is 1.56. The summed E-state index contributed by atoms with van der Waals surface area (Å²) in [5, 5.41) is 6.51. The zero-order valence-corrected chi connectivity index (χ0v) is 10.3. The zero-order chi connectivity index (χ0) is 11.6. The van der Waals surface area contributed by atoms with E-state index in [0.29, 0.717) is 5.41 Å². The molecule has 1 aromatic heterocycles.